The van der Waals surface area contributed by atoms with Crippen molar-refractivity contribution in [2.24, 2.45) is 4.99 Å². The van der Waals surface area contributed by atoms with E-state index >= 15 is 0 Å². The van der Waals surface area contributed by atoms with Crippen molar-refractivity contribution < 1.29 is 18.0 Å². The standard InChI is InChI=1S/C14H10F3N3O/c15-14(16,17)13(10-6-2-1-3-7-10)18-11-8-4-5-9-20(11)12(21)19-13/h1-9H,(H,19,21)/t13-/m0/s1. The van der Waals surface area contributed by atoms with Crippen LogP contribution in [-0.2, 0) is 5.66 Å². The van der Waals surface area contributed by atoms with Crippen LogP contribution >= 0.6 is 0 Å². The highest BCUT2D eigenvalue weighted by Crippen LogP contribution is 2.42. The van der Waals surface area contributed by atoms with E-state index in [1.165, 1.54) is 42.6 Å². The van der Waals surface area contributed by atoms with Gasteiger partial charge in [-0.3, -0.25) is 4.90 Å². The molecule has 2 amide bonds. The monoisotopic (exact) mass is 293 g/mol. The van der Waals surface area contributed by atoms with Gasteiger partial charge in [-0.1, -0.05) is 36.4 Å². The molecule has 1 N–H and O–H groups in total. The number of hydrogen-bond donors (Lipinski definition) is 1. The van der Waals surface area contributed by atoms with Crippen LogP contribution in [0.2, 0.25) is 0 Å². The summed E-state index contributed by atoms with van der Waals surface area (Å²) in [6.07, 6.45) is 1.03. The Morgan fingerprint density at radius 2 is 1.86 bits per heavy atom. The normalized spacial score (nSPS) is 24.4. The second-order valence-electron chi connectivity index (χ2n) is 4.54. The van der Waals surface area contributed by atoms with Gasteiger partial charge < -0.3 is 5.32 Å². The van der Waals surface area contributed by atoms with Gasteiger partial charge in [-0.25, -0.2) is 9.79 Å². The van der Waals surface area contributed by atoms with E-state index < -0.39 is 17.9 Å². The molecule has 0 bridgehead atoms. The molecule has 0 spiro atoms. The first-order chi connectivity index (χ1) is 9.94. The van der Waals surface area contributed by atoms with E-state index in [9.17, 15) is 18.0 Å². The molecule has 0 saturated heterocycles. The van der Waals surface area contributed by atoms with Crippen LogP contribution in [0.1, 0.15) is 5.56 Å². The Balaban J connectivity index is 2.21. The second-order valence-corrected chi connectivity index (χ2v) is 4.54. The van der Waals surface area contributed by atoms with Crippen molar-refractivity contribution >= 4 is 11.9 Å². The Kier molecular flexibility index (Phi) is 2.86. The maximum atomic E-state index is 13.6. The number of aliphatic imine (C=N–C) groups is 1. The molecule has 0 aliphatic carbocycles. The summed E-state index contributed by atoms with van der Waals surface area (Å²) in [5.41, 5.74) is -2.91. The third kappa shape index (κ3) is 2.01. The lowest BCUT2D eigenvalue weighted by molar-refractivity contribution is -0.196. The van der Waals surface area contributed by atoms with Gasteiger partial charge >= 0.3 is 12.2 Å². The molecule has 3 rings (SSSR count). The number of nitrogens with zero attached hydrogens (tertiary/aromatic N) is 2. The number of benzene rings is 1. The molecule has 1 aromatic carbocycles. The van der Waals surface area contributed by atoms with Gasteiger partial charge in [-0.15, -0.1) is 0 Å². The summed E-state index contributed by atoms with van der Waals surface area (Å²) in [6, 6.07) is 6.24. The molecule has 0 saturated carbocycles. The van der Waals surface area contributed by atoms with E-state index in [0.717, 1.165) is 4.90 Å². The third-order valence-electron chi connectivity index (χ3n) is 3.23. The Morgan fingerprint density at radius 1 is 1.14 bits per heavy atom. The Bertz CT molecular complexity index is 664. The topological polar surface area (TPSA) is 44.7 Å². The summed E-state index contributed by atoms with van der Waals surface area (Å²) < 4.78 is 40.9. The van der Waals surface area contributed by atoms with E-state index in [1.807, 2.05) is 5.32 Å². The number of rotatable bonds is 1. The van der Waals surface area contributed by atoms with Crippen LogP contribution in [0.15, 0.2) is 59.8 Å². The number of urea groups is 1. The molecule has 2 heterocycles. The number of nitrogens with one attached hydrogen (secondary N) is 1. The lowest BCUT2D eigenvalue weighted by Gasteiger charge is -2.39. The number of amides is 2. The van der Waals surface area contributed by atoms with Crippen molar-refractivity contribution in [1.29, 1.82) is 0 Å². The molecule has 0 fully saturated rings. The fraction of sp³-hybridized carbons (Fsp3) is 0.143. The van der Waals surface area contributed by atoms with Gasteiger partial charge in [0.25, 0.3) is 5.66 Å². The summed E-state index contributed by atoms with van der Waals surface area (Å²) >= 11 is 0. The second kappa shape index (κ2) is 4.47. The lowest BCUT2D eigenvalue weighted by Crippen LogP contribution is -2.62. The van der Waals surface area contributed by atoms with Gasteiger partial charge in [0.05, 0.1) is 0 Å². The minimum absolute atomic E-state index is 0.0533. The molecule has 1 aromatic rings. The molecule has 21 heavy (non-hydrogen) atoms. The first-order valence-electron chi connectivity index (χ1n) is 6.12. The maximum Gasteiger partial charge on any atom is 0.436 e. The zero-order chi connectivity index (χ0) is 15.1. The van der Waals surface area contributed by atoms with E-state index in [-0.39, 0.29) is 11.4 Å². The zero-order valence-corrected chi connectivity index (χ0v) is 10.6. The van der Waals surface area contributed by atoms with E-state index in [0.29, 0.717) is 0 Å². The van der Waals surface area contributed by atoms with Crippen LogP contribution in [0, 0.1) is 0 Å². The smallest absolute Gasteiger partial charge is 0.301 e. The molecular weight excluding hydrogens is 283 g/mol. The van der Waals surface area contributed by atoms with Crippen molar-refractivity contribution in [2.75, 3.05) is 0 Å². The number of halogens is 3. The number of amidine groups is 1. The van der Waals surface area contributed by atoms with Crippen molar-refractivity contribution in [1.82, 2.24) is 10.2 Å². The molecule has 108 valence electrons. The average molecular weight is 293 g/mol. The largest absolute Gasteiger partial charge is 0.436 e. The average Bonchev–Trinajstić information content (AvgIpc) is 2.47. The van der Waals surface area contributed by atoms with Gasteiger partial charge in [0.15, 0.2) is 0 Å². The number of carbonyl (C=O) groups is 1. The molecule has 4 nitrogen and oxygen atoms in total. The molecule has 0 unspecified atom stereocenters. The number of alkyl halides is 3. The maximum absolute atomic E-state index is 13.6. The SMILES string of the molecule is O=C1N[C@@](c2ccccc2)(C(F)(F)F)N=C2C=CC=CN12. The number of carbonyl (C=O) groups excluding carboxylic acids is 1. The summed E-state index contributed by atoms with van der Waals surface area (Å²) in [7, 11) is 0. The Morgan fingerprint density at radius 3 is 2.52 bits per heavy atom. The van der Waals surface area contributed by atoms with Gasteiger partial charge in [-0.05, 0) is 12.2 Å². The number of allylic oxidation sites excluding steroid dienone is 2. The van der Waals surface area contributed by atoms with Gasteiger partial charge in [0.2, 0.25) is 0 Å². The third-order valence-corrected chi connectivity index (χ3v) is 3.23. The van der Waals surface area contributed by atoms with Crippen molar-refractivity contribution in [3.05, 3.63) is 60.3 Å². The van der Waals surface area contributed by atoms with Crippen LogP contribution < -0.4 is 5.32 Å². The van der Waals surface area contributed by atoms with Crippen molar-refractivity contribution in [3.63, 3.8) is 0 Å². The molecular formula is C14H10F3N3O. The van der Waals surface area contributed by atoms with E-state index in [4.69, 9.17) is 0 Å². The van der Waals surface area contributed by atoms with Crippen molar-refractivity contribution in [2.45, 2.75) is 11.8 Å². The van der Waals surface area contributed by atoms with E-state index in [2.05, 4.69) is 4.99 Å². The molecule has 7 heteroatoms. The first-order valence-corrected chi connectivity index (χ1v) is 6.12. The van der Waals surface area contributed by atoms with Crippen LogP contribution in [0.3, 0.4) is 0 Å². The minimum Gasteiger partial charge on any atom is -0.301 e. The number of hydrogen-bond acceptors (Lipinski definition) is 2. The summed E-state index contributed by atoms with van der Waals surface area (Å²) in [4.78, 5) is 16.8. The van der Waals surface area contributed by atoms with Crippen LogP contribution in [-0.4, -0.2) is 22.9 Å². The quantitative estimate of drug-likeness (QED) is 0.850. The Labute approximate surface area is 118 Å². The highest BCUT2D eigenvalue weighted by molar-refractivity contribution is 6.07. The molecule has 1 atom stereocenters. The molecule has 0 radical (unpaired) electrons. The highest BCUT2D eigenvalue weighted by Gasteiger charge is 2.60. The fourth-order valence-electron chi connectivity index (χ4n) is 2.23. The van der Waals surface area contributed by atoms with Crippen LogP contribution in [0.4, 0.5) is 18.0 Å². The van der Waals surface area contributed by atoms with Gasteiger partial charge in [0, 0.05) is 11.8 Å². The number of fused-ring (bicyclic) bond motifs is 1. The minimum atomic E-state index is -4.77. The van der Waals surface area contributed by atoms with E-state index in [1.54, 1.807) is 12.1 Å². The first kappa shape index (κ1) is 13.4. The molecule has 2 aliphatic rings. The summed E-state index contributed by atoms with van der Waals surface area (Å²) in [6.45, 7) is 0. The van der Waals surface area contributed by atoms with Gasteiger partial charge in [-0.2, -0.15) is 13.2 Å². The van der Waals surface area contributed by atoms with Crippen LogP contribution in [0.25, 0.3) is 0 Å². The Hall–Kier alpha value is -2.57. The zero-order valence-electron chi connectivity index (χ0n) is 10.6. The lowest BCUT2D eigenvalue weighted by atomic mass is 9.98. The highest BCUT2D eigenvalue weighted by atomic mass is 19.4. The van der Waals surface area contributed by atoms with Gasteiger partial charge in [0.1, 0.15) is 5.84 Å². The summed E-state index contributed by atoms with van der Waals surface area (Å²) in [5.74, 6) is -0.0533. The molecule has 2 aliphatic heterocycles. The molecule has 0 aromatic heterocycles. The van der Waals surface area contributed by atoms with Crippen molar-refractivity contribution in [3.8, 4) is 0 Å². The summed E-state index contributed by atoms with van der Waals surface area (Å²) in [5, 5.41) is 1.97. The predicted octanol–water partition coefficient (Wildman–Crippen LogP) is 2.91. The predicted molar refractivity (Wildman–Crippen MR) is 70.3 cm³/mol. The van der Waals surface area contributed by atoms with Crippen LogP contribution in [0.5, 0.6) is 0 Å². The fourth-order valence-corrected chi connectivity index (χ4v) is 2.23.